The van der Waals surface area contributed by atoms with Gasteiger partial charge in [0.05, 0.1) is 6.54 Å². The molecular formula is C20H23ClN4O. The summed E-state index contributed by atoms with van der Waals surface area (Å²) in [6.45, 7) is 5.71. The Morgan fingerprint density at radius 1 is 1.23 bits per heavy atom. The average molecular weight is 371 g/mol. The van der Waals surface area contributed by atoms with Crippen LogP contribution in [0.5, 0.6) is 0 Å². The van der Waals surface area contributed by atoms with Crippen molar-refractivity contribution >= 4 is 12.4 Å². The van der Waals surface area contributed by atoms with E-state index in [0.29, 0.717) is 6.04 Å². The Morgan fingerprint density at radius 2 is 2.08 bits per heavy atom. The lowest BCUT2D eigenvalue weighted by molar-refractivity contribution is 0.138. The molecule has 1 fully saturated rings. The lowest BCUT2D eigenvalue weighted by atomic mass is 10.0. The van der Waals surface area contributed by atoms with Crippen LogP contribution in [0.4, 0.5) is 0 Å². The maximum absolute atomic E-state index is 5.61. The first kappa shape index (κ1) is 18.6. The van der Waals surface area contributed by atoms with Crippen molar-refractivity contribution in [3.8, 4) is 11.3 Å². The third-order valence-corrected chi connectivity index (χ3v) is 4.69. The number of piperazine rings is 1. The van der Waals surface area contributed by atoms with E-state index in [-0.39, 0.29) is 12.4 Å². The van der Waals surface area contributed by atoms with Crippen LogP contribution in [0, 0.1) is 6.92 Å². The van der Waals surface area contributed by atoms with Crippen LogP contribution in [-0.2, 0) is 6.54 Å². The van der Waals surface area contributed by atoms with Crippen molar-refractivity contribution in [1.29, 1.82) is 0 Å². The van der Waals surface area contributed by atoms with Crippen LogP contribution in [0.25, 0.3) is 11.3 Å². The highest BCUT2D eigenvalue weighted by molar-refractivity contribution is 5.85. The van der Waals surface area contributed by atoms with Crippen molar-refractivity contribution in [1.82, 2.24) is 20.4 Å². The minimum absolute atomic E-state index is 0. The molecule has 5 nitrogen and oxygen atoms in total. The van der Waals surface area contributed by atoms with Crippen molar-refractivity contribution in [2.45, 2.75) is 19.5 Å². The first-order chi connectivity index (χ1) is 12.3. The predicted octanol–water partition coefficient (Wildman–Crippen LogP) is 3.61. The lowest BCUT2D eigenvalue weighted by Gasteiger charge is -2.35. The molecular weight excluding hydrogens is 348 g/mol. The summed E-state index contributed by atoms with van der Waals surface area (Å²) in [5, 5.41) is 7.72. The maximum Gasteiger partial charge on any atom is 0.151 e. The average Bonchev–Trinajstić information content (AvgIpc) is 3.12. The van der Waals surface area contributed by atoms with Gasteiger partial charge < -0.3 is 9.84 Å². The van der Waals surface area contributed by atoms with E-state index in [9.17, 15) is 0 Å². The van der Waals surface area contributed by atoms with Crippen LogP contribution >= 0.6 is 12.4 Å². The molecule has 1 unspecified atom stereocenters. The number of hydrogen-bond donors (Lipinski definition) is 1. The fourth-order valence-corrected chi connectivity index (χ4v) is 3.29. The van der Waals surface area contributed by atoms with Gasteiger partial charge in [0.1, 0.15) is 5.69 Å². The molecule has 3 aromatic rings. The summed E-state index contributed by atoms with van der Waals surface area (Å²) >= 11 is 0. The third kappa shape index (κ3) is 4.12. The molecule has 0 radical (unpaired) electrons. The number of rotatable bonds is 4. The zero-order chi connectivity index (χ0) is 17.1. The minimum Gasteiger partial charge on any atom is -0.359 e. The second kappa shape index (κ2) is 8.45. The number of aryl methyl sites for hydroxylation is 1. The summed E-state index contributed by atoms with van der Waals surface area (Å²) in [7, 11) is 0. The molecule has 4 rings (SSSR count). The largest absolute Gasteiger partial charge is 0.359 e. The fraction of sp³-hybridized carbons (Fsp3) is 0.300. The fourth-order valence-electron chi connectivity index (χ4n) is 3.29. The Hall–Kier alpha value is -2.21. The van der Waals surface area contributed by atoms with Gasteiger partial charge in [0, 0.05) is 49.7 Å². The Labute approximate surface area is 159 Å². The van der Waals surface area contributed by atoms with E-state index in [2.05, 4.69) is 57.6 Å². The first-order valence-electron chi connectivity index (χ1n) is 8.67. The van der Waals surface area contributed by atoms with E-state index in [1.54, 1.807) is 0 Å². The van der Waals surface area contributed by atoms with Crippen molar-refractivity contribution in [3.05, 3.63) is 71.7 Å². The molecule has 1 aliphatic heterocycles. The highest BCUT2D eigenvalue weighted by Gasteiger charge is 2.25. The van der Waals surface area contributed by atoms with Crippen LogP contribution in [-0.4, -0.2) is 34.7 Å². The summed E-state index contributed by atoms with van der Waals surface area (Å²) in [6, 6.07) is 14.8. The van der Waals surface area contributed by atoms with E-state index in [0.717, 1.165) is 43.2 Å². The first-order valence-corrected chi connectivity index (χ1v) is 8.67. The zero-order valence-electron chi connectivity index (χ0n) is 14.8. The van der Waals surface area contributed by atoms with Crippen molar-refractivity contribution in [2.75, 3.05) is 19.6 Å². The van der Waals surface area contributed by atoms with Gasteiger partial charge in [0.2, 0.25) is 0 Å². The van der Waals surface area contributed by atoms with E-state index < -0.39 is 0 Å². The number of pyridine rings is 1. The zero-order valence-corrected chi connectivity index (χ0v) is 15.6. The summed E-state index contributed by atoms with van der Waals surface area (Å²) in [6.07, 6.45) is 3.76. The number of hydrogen-bond acceptors (Lipinski definition) is 5. The number of halogens is 1. The molecule has 1 N–H and O–H groups in total. The van der Waals surface area contributed by atoms with Gasteiger partial charge in [-0.15, -0.1) is 12.4 Å². The summed E-state index contributed by atoms with van der Waals surface area (Å²) in [5.41, 5.74) is 4.45. The van der Waals surface area contributed by atoms with Crippen LogP contribution < -0.4 is 5.32 Å². The maximum atomic E-state index is 5.61. The number of aromatic nitrogens is 2. The van der Waals surface area contributed by atoms with Crippen LogP contribution in [0.1, 0.15) is 22.9 Å². The molecule has 136 valence electrons. The van der Waals surface area contributed by atoms with Crippen LogP contribution in [0.3, 0.4) is 0 Å². The normalized spacial score (nSPS) is 17.7. The monoisotopic (exact) mass is 370 g/mol. The van der Waals surface area contributed by atoms with Crippen LogP contribution in [0.15, 0.2) is 59.4 Å². The number of nitrogens with zero attached hydrogens (tertiary/aromatic N) is 3. The quantitative estimate of drug-likeness (QED) is 0.760. The van der Waals surface area contributed by atoms with E-state index in [1.807, 2.05) is 24.5 Å². The molecule has 3 heterocycles. The standard InChI is InChI=1S/C20H22N4O.ClH/c1-15-4-6-16(7-5-15)19-11-18(25-23-19)14-24-10-9-22-13-20(24)17-3-2-8-21-12-17;/h2-8,11-12,20,22H,9-10,13-14H2,1H3;1H. The molecule has 1 saturated heterocycles. The third-order valence-electron chi connectivity index (χ3n) is 4.69. The molecule has 1 aliphatic rings. The Balaban J connectivity index is 0.00000196. The smallest absolute Gasteiger partial charge is 0.151 e. The van der Waals surface area contributed by atoms with Gasteiger partial charge in [-0.2, -0.15) is 0 Å². The molecule has 0 spiro atoms. The van der Waals surface area contributed by atoms with Crippen molar-refractivity contribution in [2.24, 2.45) is 0 Å². The van der Waals surface area contributed by atoms with Gasteiger partial charge >= 0.3 is 0 Å². The molecule has 2 aromatic heterocycles. The van der Waals surface area contributed by atoms with Gasteiger partial charge in [-0.1, -0.05) is 41.1 Å². The molecule has 0 saturated carbocycles. The van der Waals surface area contributed by atoms with E-state index >= 15 is 0 Å². The van der Waals surface area contributed by atoms with E-state index in [1.165, 1.54) is 11.1 Å². The molecule has 0 aliphatic carbocycles. The lowest BCUT2D eigenvalue weighted by Crippen LogP contribution is -2.45. The predicted molar refractivity (Wildman–Crippen MR) is 104 cm³/mol. The Kier molecular flexibility index (Phi) is 6.04. The van der Waals surface area contributed by atoms with Crippen molar-refractivity contribution < 1.29 is 4.52 Å². The van der Waals surface area contributed by atoms with Gasteiger partial charge in [0.25, 0.3) is 0 Å². The van der Waals surface area contributed by atoms with E-state index in [4.69, 9.17) is 4.52 Å². The Morgan fingerprint density at radius 3 is 2.85 bits per heavy atom. The van der Waals surface area contributed by atoms with Gasteiger partial charge in [-0.3, -0.25) is 9.88 Å². The van der Waals surface area contributed by atoms with Crippen molar-refractivity contribution in [3.63, 3.8) is 0 Å². The van der Waals surface area contributed by atoms with Gasteiger partial charge in [-0.25, -0.2) is 0 Å². The summed E-state index contributed by atoms with van der Waals surface area (Å²) in [5.74, 6) is 0.895. The summed E-state index contributed by atoms with van der Waals surface area (Å²) in [4.78, 5) is 6.69. The topological polar surface area (TPSA) is 54.2 Å². The highest BCUT2D eigenvalue weighted by atomic mass is 35.5. The molecule has 0 amide bonds. The molecule has 1 aromatic carbocycles. The molecule has 1 atom stereocenters. The second-order valence-electron chi connectivity index (χ2n) is 6.52. The number of benzene rings is 1. The molecule has 26 heavy (non-hydrogen) atoms. The SMILES string of the molecule is Cc1ccc(-c2cc(CN3CCNCC3c3cccnc3)on2)cc1.Cl. The molecule has 0 bridgehead atoms. The Bertz CT molecular complexity index is 819. The summed E-state index contributed by atoms with van der Waals surface area (Å²) < 4.78 is 5.61. The minimum atomic E-state index is 0. The molecule has 6 heteroatoms. The van der Waals surface area contributed by atoms with Gasteiger partial charge in [-0.05, 0) is 18.6 Å². The number of nitrogens with one attached hydrogen (secondary N) is 1. The van der Waals surface area contributed by atoms with Gasteiger partial charge in [0.15, 0.2) is 5.76 Å². The van der Waals surface area contributed by atoms with Crippen LogP contribution in [0.2, 0.25) is 0 Å². The second-order valence-corrected chi connectivity index (χ2v) is 6.52. The highest BCUT2D eigenvalue weighted by Crippen LogP contribution is 2.25.